The Morgan fingerprint density at radius 2 is 1.94 bits per heavy atom. The number of nitrogens with zero attached hydrogens (tertiary/aromatic N) is 3. The van der Waals surface area contributed by atoms with Crippen molar-refractivity contribution in [1.82, 2.24) is 25.4 Å². The summed E-state index contributed by atoms with van der Waals surface area (Å²) in [4.78, 5) is 19.5. The molecule has 0 aliphatic carbocycles. The third kappa shape index (κ3) is 4.34. The second-order valence-corrected chi connectivity index (χ2v) is 8.10. The van der Waals surface area contributed by atoms with Gasteiger partial charge in [-0.05, 0) is 55.3 Å². The van der Waals surface area contributed by atoms with Crippen LogP contribution in [0.5, 0.6) is 0 Å². The Morgan fingerprint density at radius 3 is 2.77 bits per heavy atom. The second-order valence-electron chi connectivity index (χ2n) is 8.10. The molecule has 1 amide bonds. The number of amides is 1. The molecule has 1 atom stereocenters. The number of carbonyl (C=O) groups excluding carboxylic acids is 1. The number of nitrogens with one attached hydrogen (secondary N) is 2. The number of benzene rings is 2. The van der Waals surface area contributed by atoms with Crippen LogP contribution in [0, 0.1) is 0 Å². The number of pyridine rings is 1. The van der Waals surface area contributed by atoms with Crippen LogP contribution in [-0.4, -0.2) is 45.1 Å². The largest absolute Gasteiger partial charge is 0.348 e. The molecule has 1 saturated heterocycles. The van der Waals surface area contributed by atoms with E-state index < -0.39 is 0 Å². The van der Waals surface area contributed by atoms with E-state index in [1.165, 1.54) is 5.56 Å². The van der Waals surface area contributed by atoms with Crippen LogP contribution in [0.1, 0.15) is 28.8 Å². The van der Waals surface area contributed by atoms with Crippen molar-refractivity contribution in [2.75, 3.05) is 13.1 Å². The first-order chi connectivity index (χ1) is 15.3. The van der Waals surface area contributed by atoms with Crippen molar-refractivity contribution in [3.8, 4) is 11.3 Å². The summed E-state index contributed by atoms with van der Waals surface area (Å²) < 4.78 is 0. The van der Waals surface area contributed by atoms with Gasteiger partial charge in [0.25, 0.3) is 5.91 Å². The predicted octanol–water partition coefficient (Wildman–Crippen LogP) is 4.02. The van der Waals surface area contributed by atoms with Gasteiger partial charge in [0.15, 0.2) is 0 Å². The number of piperidine rings is 1. The Kier molecular flexibility index (Phi) is 5.46. The fourth-order valence-corrected chi connectivity index (χ4v) is 4.31. The molecule has 0 saturated carbocycles. The van der Waals surface area contributed by atoms with Crippen LogP contribution in [0.25, 0.3) is 22.2 Å². The number of hydrogen-bond donors (Lipinski definition) is 2. The van der Waals surface area contributed by atoms with E-state index in [4.69, 9.17) is 0 Å². The molecule has 2 N–H and O–H groups in total. The third-order valence-electron chi connectivity index (χ3n) is 5.87. The van der Waals surface area contributed by atoms with Crippen molar-refractivity contribution in [3.05, 3.63) is 84.2 Å². The molecule has 156 valence electrons. The van der Waals surface area contributed by atoms with Crippen molar-refractivity contribution in [3.63, 3.8) is 0 Å². The topological polar surface area (TPSA) is 73.9 Å². The van der Waals surface area contributed by atoms with Crippen LogP contribution >= 0.6 is 0 Å². The minimum Gasteiger partial charge on any atom is -0.348 e. The maximum Gasteiger partial charge on any atom is 0.251 e. The quantitative estimate of drug-likeness (QED) is 0.520. The van der Waals surface area contributed by atoms with Crippen LogP contribution in [0.4, 0.5) is 0 Å². The number of carbonyl (C=O) groups is 1. The first-order valence-electron chi connectivity index (χ1n) is 10.7. The average Bonchev–Trinajstić information content (AvgIpc) is 3.24. The summed E-state index contributed by atoms with van der Waals surface area (Å²) in [6.07, 6.45) is 5.59. The van der Waals surface area contributed by atoms with E-state index in [1.54, 1.807) is 12.4 Å². The first kappa shape index (κ1) is 19.5. The van der Waals surface area contributed by atoms with Gasteiger partial charge in [-0.1, -0.05) is 30.3 Å². The van der Waals surface area contributed by atoms with Gasteiger partial charge in [-0.3, -0.25) is 19.8 Å². The van der Waals surface area contributed by atoms with Crippen molar-refractivity contribution in [1.29, 1.82) is 0 Å². The molecule has 0 bridgehead atoms. The molecule has 5 rings (SSSR count). The zero-order valence-corrected chi connectivity index (χ0v) is 17.3. The Labute approximate surface area is 181 Å². The summed E-state index contributed by atoms with van der Waals surface area (Å²) in [5.41, 5.74) is 4.68. The van der Waals surface area contributed by atoms with Crippen LogP contribution in [0.3, 0.4) is 0 Å². The molecule has 0 spiro atoms. The van der Waals surface area contributed by atoms with E-state index in [0.717, 1.165) is 54.6 Å². The van der Waals surface area contributed by atoms with Gasteiger partial charge < -0.3 is 5.32 Å². The lowest BCUT2D eigenvalue weighted by Crippen LogP contribution is -2.47. The van der Waals surface area contributed by atoms with E-state index in [9.17, 15) is 4.79 Å². The fourth-order valence-electron chi connectivity index (χ4n) is 4.31. The highest BCUT2D eigenvalue weighted by Crippen LogP contribution is 2.26. The monoisotopic (exact) mass is 411 g/mol. The van der Waals surface area contributed by atoms with Gasteiger partial charge in [0, 0.05) is 48.0 Å². The molecule has 0 radical (unpaired) electrons. The van der Waals surface area contributed by atoms with Crippen molar-refractivity contribution >= 4 is 16.8 Å². The summed E-state index contributed by atoms with van der Waals surface area (Å²) in [6, 6.07) is 20.2. The Morgan fingerprint density at radius 1 is 1.10 bits per heavy atom. The molecule has 0 unspecified atom stereocenters. The standard InChI is InChI=1S/C25H25N5O/c31-25(27-21-7-4-14-30(17-21)16-18-5-2-1-3-6-18)20-8-9-23-22(15-20)24(29-28-23)19-10-12-26-13-11-19/h1-3,5-6,8-13,15,21H,4,7,14,16-17H2,(H,27,31)(H,28,29)/t21-/m0/s1. The molecule has 6 heteroatoms. The lowest BCUT2D eigenvalue weighted by Gasteiger charge is -2.33. The highest BCUT2D eigenvalue weighted by molar-refractivity contribution is 6.01. The lowest BCUT2D eigenvalue weighted by molar-refractivity contribution is 0.0901. The molecular weight excluding hydrogens is 386 g/mol. The molecule has 6 nitrogen and oxygen atoms in total. The Balaban J connectivity index is 1.30. The number of likely N-dealkylation sites (tertiary alicyclic amines) is 1. The number of aromatic amines is 1. The predicted molar refractivity (Wildman–Crippen MR) is 122 cm³/mol. The van der Waals surface area contributed by atoms with Gasteiger partial charge in [0.05, 0.1) is 5.52 Å². The lowest BCUT2D eigenvalue weighted by atomic mass is 10.0. The summed E-state index contributed by atoms with van der Waals surface area (Å²) in [5.74, 6) is -0.0321. The number of aromatic nitrogens is 3. The maximum atomic E-state index is 13.0. The highest BCUT2D eigenvalue weighted by Gasteiger charge is 2.22. The van der Waals surface area contributed by atoms with Crippen LogP contribution in [0.2, 0.25) is 0 Å². The maximum absolute atomic E-state index is 13.0. The molecular formula is C25H25N5O. The van der Waals surface area contributed by atoms with Gasteiger partial charge in [-0.25, -0.2) is 0 Å². The minimum atomic E-state index is -0.0321. The summed E-state index contributed by atoms with van der Waals surface area (Å²) >= 11 is 0. The van der Waals surface area contributed by atoms with E-state index in [0.29, 0.717) is 5.56 Å². The summed E-state index contributed by atoms with van der Waals surface area (Å²) in [7, 11) is 0. The van der Waals surface area contributed by atoms with Gasteiger partial charge in [0.1, 0.15) is 5.69 Å². The van der Waals surface area contributed by atoms with Gasteiger partial charge >= 0.3 is 0 Å². The molecule has 4 aromatic rings. The van der Waals surface area contributed by atoms with Crippen molar-refractivity contribution in [2.45, 2.75) is 25.4 Å². The summed E-state index contributed by atoms with van der Waals surface area (Å²) in [5, 5.41) is 11.7. The number of fused-ring (bicyclic) bond motifs is 1. The van der Waals surface area contributed by atoms with Crippen molar-refractivity contribution < 1.29 is 4.79 Å². The molecule has 1 aliphatic rings. The zero-order valence-electron chi connectivity index (χ0n) is 17.3. The van der Waals surface area contributed by atoms with Gasteiger partial charge in [0.2, 0.25) is 0 Å². The van der Waals surface area contributed by atoms with E-state index in [-0.39, 0.29) is 11.9 Å². The normalized spacial score (nSPS) is 17.0. The van der Waals surface area contributed by atoms with Crippen molar-refractivity contribution in [2.24, 2.45) is 0 Å². The number of H-pyrrole nitrogens is 1. The van der Waals surface area contributed by atoms with Crippen LogP contribution < -0.4 is 5.32 Å². The minimum absolute atomic E-state index is 0.0321. The molecule has 3 heterocycles. The second kappa shape index (κ2) is 8.70. The SMILES string of the molecule is O=C(N[C@H]1CCCN(Cc2ccccc2)C1)c1ccc2[nH]nc(-c3ccncc3)c2c1. The Hall–Kier alpha value is -3.51. The average molecular weight is 412 g/mol. The van der Waals surface area contributed by atoms with E-state index in [1.807, 2.05) is 36.4 Å². The van der Waals surface area contributed by atoms with Gasteiger partial charge in [-0.15, -0.1) is 0 Å². The van der Waals surface area contributed by atoms with Crippen LogP contribution in [-0.2, 0) is 6.54 Å². The fraction of sp³-hybridized carbons (Fsp3) is 0.240. The smallest absolute Gasteiger partial charge is 0.251 e. The molecule has 1 fully saturated rings. The molecule has 31 heavy (non-hydrogen) atoms. The zero-order chi connectivity index (χ0) is 21.0. The first-order valence-corrected chi connectivity index (χ1v) is 10.7. The summed E-state index contributed by atoms with van der Waals surface area (Å²) in [6.45, 7) is 2.86. The van der Waals surface area contributed by atoms with E-state index >= 15 is 0 Å². The third-order valence-corrected chi connectivity index (χ3v) is 5.87. The van der Waals surface area contributed by atoms with Gasteiger partial charge in [-0.2, -0.15) is 5.10 Å². The Bertz CT molecular complexity index is 1170. The molecule has 2 aromatic carbocycles. The number of hydrogen-bond acceptors (Lipinski definition) is 4. The highest BCUT2D eigenvalue weighted by atomic mass is 16.1. The molecule has 1 aliphatic heterocycles. The van der Waals surface area contributed by atoms with Crippen LogP contribution in [0.15, 0.2) is 73.1 Å². The van der Waals surface area contributed by atoms with E-state index in [2.05, 4.69) is 49.7 Å². The molecule has 2 aromatic heterocycles. The number of rotatable bonds is 5.